The van der Waals surface area contributed by atoms with Gasteiger partial charge < -0.3 is 14.6 Å². The molecular formula is C18H26O3. The van der Waals surface area contributed by atoms with Crippen LogP contribution in [0.2, 0.25) is 0 Å². The predicted octanol–water partition coefficient (Wildman–Crippen LogP) is 4.17. The summed E-state index contributed by atoms with van der Waals surface area (Å²) in [6.07, 6.45) is 1.25. The second kappa shape index (κ2) is 14.4. The number of hydrogen-bond donors (Lipinski definition) is 1. The van der Waals surface area contributed by atoms with Crippen LogP contribution in [0.1, 0.15) is 20.3 Å². The molecule has 0 fully saturated rings. The van der Waals surface area contributed by atoms with E-state index in [9.17, 15) is 0 Å². The molecule has 3 heteroatoms. The molecule has 0 amide bonds. The molecule has 21 heavy (non-hydrogen) atoms. The molecule has 0 bridgehead atoms. The van der Waals surface area contributed by atoms with Crippen molar-refractivity contribution in [2.75, 3.05) is 20.3 Å². The number of methoxy groups -OCH3 is 1. The fourth-order valence-corrected chi connectivity index (χ4v) is 1.24. The van der Waals surface area contributed by atoms with E-state index in [1.165, 1.54) is 6.42 Å². The Morgan fingerprint density at radius 2 is 1.24 bits per heavy atom. The topological polar surface area (TPSA) is 38.7 Å². The number of para-hydroxylation sites is 2. The van der Waals surface area contributed by atoms with Crippen molar-refractivity contribution in [2.45, 2.75) is 20.3 Å². The lowest BCUT2D eigenvalue weighted by Crippen LogP contribution is -2.00. The van der Waals surface area contributed by atoms with Gasteiger partial charge in [0.1, 0.15) is 18.1 Å². The van der Waals surface area contributed by atoms with Gasteiger partial charge in [-0.25, -0.2) is 0 Å². The summed E-state index contributed by atoms with van der Waals surface area (Å²) in [6.45, 7) is 4.68. The third-order valence-electron chi connectivity index (χ3n) is 2.08. The van der Waals surface area contributed by atoms with Crippen LogP contribution in [-0.2, 0) is 0 Å². The smallest absolute Gasteiger partial charge is 0.119 e. The van der Waals surface area contributed by atoms with Crippen molar-refractivity contribution in [1.29, 1.82) is 0 Å². The van der Waals surface area contributed by atoms with Crippen molar-refractivity contribution < 1.29 is 14.6 Å². The first-order valence-electron chi connectivity index (χ1n) is 7.16. The van der Waals surface area contributed by atoms with E-state index >= 15 is 0 Å². The Balaban J connectivity index is 0.000000327. The Morgan fingerprint density at radius 3 is 1.57 bits per heavy atom. The van der Waals surface area contributed by atoms with Gasteiger partial charge in [0.15, 0.2) is 0 Å². The van der Waals surface area contributed by atoms with Crippen LogP contribution in [0.15, 0.2) is 60.7 Å². The van der Waals surface area contributed by atoms with Crippen LogP contribution in [-0.4, -0.2) is 25.4 Å². The van der Waals surface area contributed by atoms with E-state index in [4.69, 9.17) is 14.6 Å². The van der Waals surface area contributed by atoms with Crippen LogP contribution in [0.5, 0.6) is 11.5 Å². The Kier molecular flexibility index (Phi) is 13.0. The fourth-order valence-electron chi connectivity index (χ4n) is 1.24. The zero-order chi connectivity index (χ0) is 15.8. The van der Waals surface area contributed by atoms with E-state index < -0.39 is 0 Å². The van der Waals surface area contributed by atoms with Gasteiger partial charge in [0.05, 0.1) is 13.7 Å². The van der Waals surface area contributed by atoms with Gasteiger partial charge in [0.2, 0.25) is 0 Å². The van der Waals surface area contributed by atoms with Gasteiger partial charge in [-0.15, -0.1) is 0 Å². The average Bonchev–Trinajstić information content (AvgIpc) is 2.56. The van der Waals surface area contributed by atoms with Gasteiger partial charge in [-0.05, 0) is 24.3 Å². The average molecular weight is 290 g/mol. The Labute approximate surface area is 128 Å². The molecule has 0 aromatic heterocycles. The first-order valence-corrected chi connectivity index (χ1v) is 7.16. The number of ether oxygens (including phenoxy) is 2. The van der Waals surface area contributed by atoms with Crippen molar-refractivity contribution in [3.05, 3.63) is 60.7 Å². The minimum absolute atomic E-state index is 0.0644. The second-order valence-corrected chi connectivity index (χ2v) is 4.11. The molecule has 0 aliphatic carbocycles. The minimum Gasteiger partial charge on any atom is -0.497 e. The van der Waals surface area contributed by atoms with Crippen LogP contribution in [0, 0.1) is 0 Å². The second-order valence-electron chi connectivity index (χ2n) is 4.11. The maximum Gasteiger partial charge on any atom is 0.119 e. The predicted molar refractivity (Wildman–Crippen MR) is 88.0 cm³/mol. The largest absolute Gasteiger partial charge is 0.497 e. The summed E-state index contributed by atoms with van der Waals surface area (Å²) < 4.78 is 10.0. The molecule has 0 spiro atoms. The minimum atomic E-state index is 0.0644. The molecule has 0 heterocycles. The molecule has 0 atom stereocenters. The normalized spacial score (nSPS) is 8.57. The Hall–Kier alpha value is -2.00. The molecule has 0 saturated heterocycles. The summed E-state index contributed by atoms with van der Waals surface area (Å²) in [7, 11) is 1.66. The number of benzene rings is 2. The number of hydrogen-bond acceptors (Lipinski definition) is 3. The highest BCUT2D eigenvalue weighted by Gasteiger charge is 1.87. The molecule has 0 saturated carbocycles. The molecule has 0 aliphatic heterocycles. The molecule has 0 aliphatic rings. The Bertz CT molecular complexity index is 415. The van der Waals surface area contributed by atoms with E-state index in [2.05, 4.69) is 13.8 Å². The van der Waals surface area contributed by atoms with Crippen LogP contribution in [0.25, 0.3) is 0 Å². The van der Waals surface area contributed by atoms with Crippen molar-refractivity contribution in [3.8, 4) is 11.5 Å². The van der Waals surface area contributed by atoms with Crippen molar-refractivity contribution in [3.63, 3.8) is 0 Å². The number of aliphatic hydroxyl groups excluding tert-OH is 1. The van der Waals surface area contributed by atoms with E-state index in [1.54, 1.807) is 7.11 Å². The zero-order valence-corrected chi connectivity index (χ0v) is 13.2. The van der Waals surface area contributed by atoms with E-state index in [1.807, 2.05) is 60.7 Å². The number of rotatable bonds is 4. The molecule has 2 aromatic rings. The Morgan fingerprint density at radius 1 is 0.810 bits per heavy atom. The lowest BCUT2D eigenvalue weighted by Gasteiger charge is -2.01. The summed E-state index contributed by atoms with van der Waals surface area (Å²) in [5.41, 5.74) is 0. The van der Waals surface area contributed by atoms with Gasteiger partial charge in [0, 0.05) is 0 Å². The van der Waals surface area contributed by atoms with Gasteiger partial charge in [-0.3, -0.25) is 0 Å². The molecule has 2 aromatic carbocycles. The van der Waals surface area contributed by atoms with Crippen LogP contribution < -0.4 is 9.47 Å². The van der Waals surface area contributed by atoms with Crippen molar-refractivity contribution in [2.24, 2.45) is 0 Å². The molecule has 3 nitrogen and oxygen atoms in total. The molecule has 116 valence electrons. The standard InChI is InChI=1S/C8H10O2.C7H8O.C3H8/c9-6-7-10-8-4-2-1-3-5-8;1-8-7-5-3-2-4-6-7;1-3-2/h1-5,9H,6-7H2;2-6H,1H3;3H2,1-2H3. The quantitative estimate of drug-likeness (QED) is 0.918. The summed E-state index contributed by atoms with van der Waals surface area (Å²) in [5, 5.41) is 8.40. The van der Waals surface area contributed by atoms with Crippen molar-refractivity contribution >= 4 is 0 Å². The zero-order valence-electron chi connectivity index (χ0n) is 13.2. The highest BCUT2D eigenvalue weighted by Crippen LogP contribution is 2.07. The molecule has 0 unspecified atom stereocenters. The van der Waals surface area contributed by atoms with Crippen LogP contribution >= 0.6 is 0 Å². The van der Waals surface area contributed by atoms with Gasteiger partial charge in [-0.2, -0.15) is 0 Å². The summed E-state index contributed by atoms with van der Waals surface area (Å²) in [5.74, 6) is 1.71. The number of aliphatic hydroxyl groups is 1. The maximum absolute atomic E-state index is 8.40. The lowest BCUT2D eigenvalue weighted by molar-refractivity contribution is 0.201. The van der Waals surface area contributed by atoms with Gasteiger partial charge >= 0.3 is 0 Å². The summed E-state index contributed by atoms with van der Waals surface area (Å²) in [4.78, 5) is 0. The SMILES string of the molecule is CCC.COc1ccccc1.OCCOc1ccccc1. The van der Waals surface area contributed by atoms with Crippen molar-refractivity contribution in [1.82, 2.24) is 0 Å². The van der Waals surface area contributed by atoms with E-state index in [0.717, 1.165) is 11.5 Å². The van der Waals surface area contributed by atoms with E-state index in [0.29, 0.717) is 6.61 Å². The first-order chi connectivity index (χ1) is 10.3. The van der Waals surface area contributed by atoms with Crippen LogP contribution in [0.3, 0.4) is 0 Å². The van der Waals surface area contributed by atoms with E-state index in [-0.39, 0.29) is 6.61 Å². The highest BCUT2D eigenvalue weighted by molar-refractivity contribution is 5.21. The van der Waals surface area contributed by atoms with Gasteiger partial charge in [0.25, 0.3) is 0 Å². The maximum atomic E-state index is 8.40. The fraction of sp³-hybridized carbons (Fsp3) is 0.333. The van der Waals surface area contributed by atoms with Gasteiger partial charge in [-0.1, -0.05) is 56.7 Å². The highest BCUT2D eigenvalue weighted by atomic mass is 16.5. The van der Waals surface area contributed by atoms with Crippen LogP contribution in [0.4, 0.5) is 0 Å². The third-order valence-corrected chi connectivity index (χ3v) is 2.08. The molecule has 2 rings (SSSR count). The molecule has 0 radical (unpaired) electrons. The lowest BCUT2D eigenvalue weighted by atomic mass is 10.3. The summed E-state index contributed by atoms with van der Waals surface area (Å²) in [6, 6.07) is 19.1. The molecular weight excluding hydrogens is 264 g/mol. The third kappa shape index (κ3) is 11.5. The molecule has 1 N–H and O–H groups in total. The monoisotopic (exact) mass is 290 g/mol. The summed E-state index contributed by atoms with van der Waals surface area (Å²) >= 11 is 0. The first kappa shape index (κ1) is 19.0.